The van der Waals surface area contributed by atoms with E-state index in [2.05, 4.69) is 31.0 Å². The van der Waals surface area contributed by atoms with E-state index in [1.165, 1.54) is 25.9 Å². The van der Waals surface area contributed by atoms with E-state index in [1.807, 2.05) is 31.2 Å². The van der Waals surface area contributed by atoms with Crippen LogP contribution in [-0.4, -0.2) is 49.3 Å². The Labute approximate surface area is 189 Å². The molecule has 176 valence electrons. The highest BCUT2D eigenvalue weighted by atomic mass is 16.5. The molecule has 31 heavy (non-hydrogen) atoms. The predicted molar refractivity (Wildman–Crippen MR) is 129 cm³/mol. The largest absolute Gasteiger partial charge is 0.494 e. The molecule has 0 bridgehead atoms. The fourth-order valence-electron chi connectivity index (χ4n) is 3.95. The zero-order chi connectivity index (χ0) is 22.5. The van der Waals surface area contributed by atoms with Crippen molar-refractivity contribution in [3.63, 3.8) is 0 Å². The van der Waals surface area contributed by atoms with Gasteiger partial charge in [0.2, 0.25) is 0 Å². The van der Waals surface area contributed by atoms with Crippen molar-refractivity contribution in [2.75, 3.05) is 38.2 Å². The zero-order valence-electron chi connectivity index (χ0n) is 20.3. The molecule has 5 heteroatoms. The van der Waals surface area contributed by atoms with Gasteiger partial charge in [-0.3, -0.25) is 4.79 Å². The lowest BCUT2D eigenvalue weighted by molar-refractivity contribution is -0.140. The van der Waals surface area contributed by atoms with E-state index in [-0.39, 0.29) is 5.91 Å². The summed E-state index contributed by atoms with van der Waals surface area (Å²) in [5.74, 6) is 1.65. The van der Waals surface area contributed by atoms with Crippen molar-refractivity contribution >= 4 is 11.6 Å². The average molecular weight is 433 g/mol. The number of hydrogen-bond donors (Lipinski definition) is 1. The van der Waals surface area contributed by atoms with Gasteiger partial charge in [0.1, 0.15) is 11.4 Å². The summed E-state index contributed by atoms with van der Waals surface area (Å²) >= 11 is 0. The number of benzene rings is 1. The third-order valence-electron chi connectivity index (χ3n) is 6.24. The zero-order valence-corrected chi connectivity index (χ0v) is 20.3. The van der Waals surface area contributed by atoms with Gasteiger partial charge < -0.3 is 19.7 Å². The summed E-state index contributed by atoms with van der Waals surface area (Å²) in [6, 6.07) is 7.68. The molecule has 2 rings (SSSR count). The van der Waals surface area contributed by atoms with Crippen LogP contribution in [0.25, 0.3) is 0 Å². The number of unbranched alkanes of at least 4 members (excludes halogenated alkanes) is 2. The summed E-state index contributed by atoms with van der Waals surface area (Å²) in [7, 11) is 0. The molecule has 1 fully saturated rings. The van der Waals surface area contributed by atoms with Crippen molar-refractivity contribution in [1.29, 1.82) is 0 Å². The van der Waals surface area contributed by atoms with Crippen LogP contribution in [0.2, 0.25) is 0 Å². The highest BCUT2D eigenvalue weighted by Crippen LogP contribution is 2.24. The minimum atomic E-state index is -0.785. The van der Waals surface area contributed by atoms with Gasteiger partial charge in [0.05, 0.1) is 6.61 Å². The van der Waals surface area contributed by atoms with Crippen LogP contribution in [0, 0.1) is 5.92 Å². The molecule has 0 aromatic heterocycles. The van der Waals surface area contributed by atoms with Crippen LogP contribution in [0.1, 0.15) is 79.1 Å². The highest BCUT2D eigenvalue weighted by molar-refractivity contribution is 5.97. The van der Waals surface area contributed by atoms with E-state index in [4.69, 9.17) is 9.47 Å². The molecular weight excluding hydrogens is 388 g/mol. The van der Waals surface area contributed by atoms with Gasteiger partial charge in [-0.2, -0.15) is 0 Å². The van der Waals surface area contributed by atoms with Gasteiger partial charge in [-0.15, -0.1) is 0 Å². The maximum absolute atomic E-state index is 12.9. The summed E-state index contributed by atoms with van der Waals surface area (Å²) in [5.41, 5.74) is -0.00586. The van der Waals surface area contributed by atoms with Crippen LogP contribution in [-0.2, 0) is 9.53 Å². The normalized spacial score (nSPS) is 17.3. The molecule has 0 spiro atoms. The third kappa shape index (κ3) is 9.20. The molecule has 0 saturated carbocycles. The second-order valence-corrected chi connectivity index (χ2v) is 9.24. The van der Waals surface area contributed by atoms with Crippen molar-refractivity contribution < 1.29 is 14.3 Å². The lowest BCUT2D eigenvalue weighted by atomic mass is 9.96. The van der Waals surface area contributed by atoms with Crippen LogP contribution in [0.5, 0.6) is 5.75 Å². The van der Waals surface area contributed by atoms with Crippen LogP contribution < -0.4 is 10.1 Å². The number of piperidine rings is 1. The summed E-state index contributed by atoms with van der Waals surface area (Å²) in [6.07, 6.45) is 8.55. The van der Waals surface area contributed by atoms with E-state index in [0.29, 0.717) is 6.61 Å². The van der Waals surface area contributed by atoms with Crippen molar-refractivity contribution in [2.24, 2.45) is 5.92 Å². The first-order valence-corrected chi connectivity index (χ1v) is 12.4. The smallest absolute Gasteiger partial charge is 0.256 e. The monoisotopic (exact) mass is 432 g/mol. The summed E-state index contributed by atoms with van der Waals surface area (Å²) < 4.78 is 11.9. The number of nitrogens with zero attached hydrogens (tertiary/aromatic N) is 1. The van der Waals surface area contributed by atoms with E-state index in [9.17, 15) is 4.79 Å². The van der Waals surface area contributed by atoms with Crippen LogP contribution in [0.3, 0.4) is 0 Å². The lowest BCUT2D eigenvalue weighted by Gasteiger charge is -2.30. The topological polar surface area (TPSA) is 50.8 Å². The molecule has 0 radical (unpaired) electrons. The second kappa shape index (κ2) is 13.7. The molecule has 1 aliphatic heterocycles. The number of likely N-dealkylation sites (tertiary alicyclic amines) is 1. The SMILES string of the molecule is CCCCC[C@](C)(OCCC)C(=O)Nc1ccc(OCCCN2CCC(C)CC2)cc1. The van der Waals surface area contributed by atoms with Gasteiger partial charge in [0, 0.05) is 18.8 Å². The Balaban J connectivity index is 1.77. The molecule has 1 amide bonds. The molecule has 0 unspecified atom stereocenters. The minimum Gasteiger partial charge on any atom is -0.494 e. The standard InChI is InChI=1S/C26H44N2O3/c1-5-7-8-16-26(4,31-20-6-2)25(29)27-23-10-12-24(13-11-23)30-21-9-17-28-18-14-22(3)15-19-28/h10-13,22H,5-9,14-21H2,1-4H3,(H,27,29)/t26-/m0/s1. The van der Waals surface area contributed by atoms with E-state index >= 15 is 0 Å². The Bertz CT molecular complexity index is 626. The maximum Gasteiger partial charge on any atom is 0.256 e. The quantitative estimate of drug-likeness (QED) is 0.372. The van der Waals surface area contributed by atoms with Gasteiger partial charge in [-0.05, 0) is 82.3 Å². The molecule has 1 atom stereocenters. The van der Waals surface area contributed by atoms with Crippen molar-refractivity contribution in [3.8, 4) is 5.75 Å². The maximum atomic E-state index is 12.9. The molecule has 1 heterocycles. The van der Waals surface area contributed by atoms with Gasteiger partial charge >= 0.3 is 0 Å². The molecule has 5 nitrogen and oxygen atoms in total. The average Bonchev–Trinajstić information content (AvgIpc) is 2.78. The number of ether oxygens (including phenoxy) is 2. The Morgan fingerprint density at radius 1 is 1.06 bits per heavy atom. The van der Waals surface area contributed by atoms with E-state index in [0.717, 1.165) is 69.0 Å². The fourth-order valence-corrected chi connectivity index (χ4v) is 3.95. The van der Waals surface area contributed by atoms with E-state index < -0.39 is 5.60 Å². The van der Waals surface area contributed by atoms with Crippen LogP contribution in [0.4, 0.5) is 5.69 Å². The van der Waals surface area contributed by atoms with Gasteiger partial charge in [0.25, 0.3) is 5.91 Å². The Kier molecular flexibility index (Phi) is 11.4. The number of rotatable bonds is 14. The van der Waals surface area contributed by atoms with Gasteiger partial charge in [-0.1, -0.05) is 40.0 Å². The molecule has 1 N–H and O–H groups in total. The van der Waals surface area contributed by atoms with E-state index in [1.54, 1.807) is 0 Å². The number of amides is 1. The van der Waals surface area contributed by atoms with Gasteiger partial charge in [0.15, 0.2) is 0 Å². The van der Waals surface area contributed by atoms with Crippen LogP contribution in [0.15, 0.2) is 24.3 Å². The Morgan fingerprint density at radius 2 is 1.77 bits per heavy atom. The molecule has 1 aliphatic rings. The third-order valence-corrected chi connectivity index (χ3v) is 6.24. The summed E-state index contributed by atoms with van der Waals surface area (Å²) in [6.45, 7) is 13.3. The predicted octanol–water partition coefficient (Wildman–Crippen LogP) is 5.89. The first-order valence-electron chi connectivity index (χ1n) is 12.4. The molecule has 1 saturated heterocycles. The number of nitrogens with one attached hydrogen (secondary N) is 1. The minimum absolute atomic E-state index is 0.0680. The first-order chi connectivity index (χ1) is 15.0. The highest BCUT2D eigenvalue weighted by Gasteiger charge is 2.33. The number of carbonyl (C=O) groups is 1. The summed E-state index contributed by atoms with van der Waals surface area (Å²) in [4.78, 5) is 15.5. The number of anilines is 1. The number of hydrogen-bond acceptors (Lipinski definition) is 4. The second-order valence-electron chi connectivity index (χ2n) is 9.24. The molecular formula is C26H44N2O3. The van der Waals surface area contributed by atoms with Crippen molar-refractivity contribution in [2.45, 2.75) is 84.7 Å². The van der Waals surface area contributed by atoms with Crippen LogP contribution >= 0.6 is 0 Å². The Hall–Kier alpha value is -1.59. The van der Waals surface area contributed by atoms with Gasteiger partial charge in [-0.25, -0.2) is 0 Å². The first kappa shape index (κ1) is 25.7. The Morgan fingerprint density at radius 3 is 2.42 bits per heavy atom. The van der Waals surface area contributed by atoms with Crippen molar-refractivity contribution in [1.82, 2.24) is 4.90 Å². The molecule has 1 aromatic rings. The number of carbonyl (C=O) groups excluding carboxylic acids is 1. The van der Waals surface area contributed by atoms with Crippen molar-refractivity contribution in [3.05, 3.63) is 24.3 Å². The fraction of sp³-hybridized carbons (Fsp3) is 0.731. The molecule has 1 aromatic carbocycles. The summed E-state index contributed by atoms with van der Waals surface area (Å²) in [5, 5.41) is 3.03. The lowest BCUT2D eigenvalue weighted by Crippen LogP contribution is -2.43. The molecule has 0 aliphatic carbocycles.